The Balaban J connectivity index is 2.97. The van der Waals surface area contributed by atoms with Crippen molar-refractivity contribution >= 4 is 23.4 Å². The number of aromatic nitrogens is 2. The van der Waals surface area contributed by atoms with Gasteiger partial charge in [0.2, 0.25) is 0 Å². The summed E-state index contributed by atoms with van der Waals surface area (Å²) in [6, 6.07) is 0. The highest BCUT2D eigenvalue weighted by Crippen LogP contribution is 2.24. The number of hydrogen-bond acceptors (Lipinski definition) is 5. The van der Waals surface area contributed by atoms with Gasteiger partial charge in [0.1, 0.15) is 17.5 Å². The van der Waals surface area contributed by atoms with Gasteiger partial charge in [-0.05, 0) is 40.4 Å². The normalized spacial score (nSPS) is 11.5. The SMILES string of the molecule is CCCc1nc(NCC)c(C)c(NCC(C)(C)SC)n1. The van der Waals surface area contributed by atoms with E-state index in [4.69, 9.17) is 0 Å². The molecule has 114 valence electrons. The van der Waals surface area contributed by atoms with E-state index >= 15 is 0 Å². The average molecular weight is 296 g/mol. The quantitative estimate of drug-likeness (QED) is 0.765. The third-order valence-electron chi connectivity index (χ3n) is 3.24. The zero-order valence-electron chi connectivity index (χ0n) is 13.6. The number of anilines is 2. The van der Waals surface area contributed by atoms with Crippen LogP contribution in [0.3, 0.4) is 0 Å². The highest BCUT2D eigenvalue weighted by Gasteiger charge is 2.17. The van der Waals surface area contributed by atoms with E-state index in [0.29, 0.717) is 0 Å². The second-order valence-corrected chi connectivity index (χ2v) is 7.07. The minimum Gasteiger partial charge on any atom is -0.370 e. The molecule has 1 rings (SSSR count). The Morgan fingerprint density at radius 3 is 2.20 bits per heavy atom. The minimum absolute atomic E-state index is 0.195. The zero-order valence-corrected chi connectivity index (χ0v) is 14.4. The maximum Gasteiger partial charge on any atom is 0.134 e. The van der Waals surface area contributed by atoms with Crippen molar-refractivity contribution in [1.82, 2.24) is 9.97 Å². The van der Waals surface area contributed by atoms with Crippen molar-refractivity contribution in [3.63, 3.8) is 0 Å². The molecule has 0 aliphatic carbocycles. The Morgan fingerprint density at radius 1 is 1.10 bits per heavy atom. The Morgan fingerprint density at radius 2 is 1.70 bits per heavy atom. The molecule has 1 aromatic heterocycles. The van der Waals surface area contributed by atoms with Crippen LogP contribution in [-0.2, 0) is 6.42 Å². The van der Waals surface area contributed by atoms with E-state index < -0.39 is 0 Å². The van der Waals surface area contributed by atoms with Crippen LogP contribution >= 0.6 is 11.8 Å². The summed E-state index contributed by atoms with van der Waals surface area (Å²) >= 11 is 1.86. The van der Waals surface area contributed by atoms with Crippen LogP contribution in [-0.4, -0.2) is 34.1 Å². The zero-order chi connectivity index (χ0) is 15.2. The molecule has 0 saturated carbocycles. The molecule has 0 aliphatic heterocycles. The summed E-state index contributed by atoms with van der Waals surface area (Å²) in [7, 11) is 0. The van der Waals surface area contributed by atoms with Gasteiger partial charge in [-0.1, -0.05) is 6.92 Å². The van der Waals surface area contributed by atoms with Gasteiger partial charge in [0.15, 0.2) is 0 Å². The van der Waals surface area contributed by atoms with Crippen LogP contribution in [0.15, 0.2) is 0 Å². The van der Waals surface area contributed by atoms with Crippen LogP contribution in [0, 0.1) is 6.92 Å². The number of thioether (sulfide) groups is 1. The summed E-state index contributed by atoms with van der Waals surface area (Å²) in [6.45, 7) is 12.5. The standard InChI is InChI=1S/C15H28N4S/c1-7-9-12-18-13(16-8-2)11(3)14(19-12)17-10-15(4,5)20-6/h7-10H2,1-6H3,(H2,16,17,18,19). The predicted molar refractivity (Wildman–Crippen MR) is 91.0 cm³/mol. The fourth-order valence-corrected chi connectivity index (χ4v) is 2.00. The number of nitrogens with zero attached hydrogens (tertiary/aromatic N) is 2. The first-order valence-electron chi connectivity index (χ1n) is 7.34. The van der Waals surface area contributed by atoms with Crippen molar-refractivity contribution in [1.29, 1.82) is 0 Å². The third kappa shape index (κ3) is 4.85. The predicted octanol–water partition coefficient (Wildman–Crippen LogP) is 3.72. The van der Waals surface area contributed by atoms with Crippen LogP contribution in [0.5, 0.6) is 0 Å². The Kier molecular flexibility index (Phi) is 6.59. The number of rotatable bonds is 8. The van der Waals surface area contributed by atoms with Gasteiger partial charge < -0.3 is 10.6 Å². The van der Waals surface area contributed by atoms with Crippen LogP contribution < -0.4 is 10.6 Å². The van der Waals surface area contributed by atoms with Gasteiger partial charge in [-0.3, -0.25) is 0 Å². The van der Waals surface area contributed by atoms with E-state index in [2.05, 4.69) is 61.5 Å². The molecule has 0 spiro atoms. The highest BCUT2D eigenvalue weighted by atomic mass is 32.2. The van der Waals surface area contributed by atoms with Gasteiger partial charge in [0, 0.05) is 29.8 Å². The molecule has 0 radical (unpaired) electrons. The molecule has 0 aliphatic rings. The fourth-order valence-electron chi connectivity index (χ4n) is 1.78. The molecule has 1 heterocycles. The van der Waals surface area contributed by atoms with E-state index in [0.717, 1.165) is 49.0 Å². The number of nitrogens with one attached hydrogen (secondary N) is 2. The van der Waals surface area contributed by atoms with Crippen molar-refractivity contribution in [3.05, 3.63) is 11.4 Å². The van der Waals surface area contributed by atoms with E-state index in [1.54, 1.807) is 0 Å². The smallest absolute Gasteiger partial charge is 0.134 e. The molecular formula is C15H28N4S. The van der Waals surface area contributed by atoms with Gasteiger partial charge in [-0.15, -0.1) is 0 Å². The molecular weight excluding hydrogens is 268 g/mol. The fraction of sp³-hybridized carbons (Fsp3) is 0.733. The van der Waals surface area contributed by atoms with E-state index in [-0.39, 0.29) is 4.75 Å². The first kappa shape index (κ1) is 17.1. The lowest BCUT2D eigenvalue weighted by Crippen LogP contribution is -2.27. The van der Waals surface area contributed by atoms with Gasteiger partial charge in [0.05, 0.1) is 0 Å². The molecule has 0 aromatic carbocycles. The van der Waals surface area contributed by atoms with Crippen LogP contribution in [0.2, 0.25) is 0 Å². The van der Waals surface area contributed by atoms with Crippen molar-refractivity contribution in [2.75, 3.05) is 30.0 Å². The summed E-state index contributed by atoms with van der Waals surface area (Å²) in [4.78, 5) is 9.28. The lowest BCUT2D eigenvalue weighted by molar-refractivity contribution is 0.745. The Labute approximate surface area is 127 Å². The molecule has 5 heteroatoms. The second-order valence-electron chi connectivity index (χ2n) is 5.56. The number of aryl methyl sites for hydroxylation is 1. The summed E-state index contributed by atoms with van der Waals surface area (Å²) in [5.41, 5.74) is 1.10. The van der Waals surface area contributed by atoms with Gasteiger partial charge >= 0.3 is 0 Å². The molecule has 0 amide bonds. The first-order chi connectivity index (χ1) is 9.43. The van der Waals surface area contributed by atoms with Crippen LogP contribution in [0.4, 0.5) is 11.6 Å². The van der Waals surface area contributed by atoms with Gasteiger partial charge in [0.25, 0.3) is 0 Å². The van der Waals surface area contributed by atoms with Crippen LogP contribution in [0.25, 0.3) is 0 Å². The van der Waals surface area contributed by atoms with Crippen molar-refractivity contribution in [3.8, 4) is 0 Å². The summed E-state index contributed by atoms with van der Waals surface area (Å²) in [6.07, 6.45) is 4.12. The van der Waals surface area contributed by atoms with Crippen molar-refractivity contribution in [2.24, 2.45) is 0 Å². The summed E-state index contributed by atoms with van der Waals surface area (Å²) in [5.74, 6) is 2.83. The number of hydrogen-bond donors (Lipinski definition) is 2. The maximum absolute atomic E-state index is 4.67. The van der Waals surface area contributed by atoms with E-state index in [1.807, 2.05) is 11.8 Å². The monoisotopic (exact) mass is 296 g/mol. The summed E-state index contributed by atoms with van der Waals surface area (Å²) < 4.78 is 0.195. The topological polar surface area (TPSA) is 49.8 Å². The lowest BCUT2D eigenvalue weighted by atomic mass is 10.2. The molecule has 1 aromatic rings. The molecule has 0 saturated heterocycles. The Bertz CT molecular complexity index is 432. The van der Waals surface area contributed by atoms with Crippen molar-refractivity contribution in [2.45, 2.75) is 52.2 Å². The second kappa shape index (κ2) is 7.72. The Hall–Kier alpha value is -0.970. The van der Waals surface area contributed by atoms with E-state index in [9.17, 15) is 0 Å². The molecule has 0 fully saturated rings. The van der Waals surface area contributed by atoms with Gasteiger partial charge in [-0.2, -0.15) is 11.8 Å². The maximum atomic E-state index is 4.67. The van der Waals surface area contributed by atoms with Gasteiger partial charge in [-0.25, -0.2) is 9.97 Å². The highest BCUT2D eigenvalue weighted by molar-refractivity contribution is 7.99. The molecule has 2 N–H and O–H groups in total. The van der Waals surface area contributed by atoms with Crippen LogP contribution in [0.1, 0.15) is 45.5 Å². The molecule has 20 heavy (non-hydrogen) atoms. The molecule has 4 nitrogen and oxygen atoms in total. The minimum atomic E-state index is 0.195. The first-order valence-corrected chi connectivity index (χ1v) is 8.56. The molecule has 0 bridgehead atoms. The van der Waals surface area contributed by atoms with Crippen molar-refractivity contribution < 1.29 is 0 Å². The van der Waals surface area contributed by atoms with E-state index in [1.165, 1.54) is 0 Å². The third-order valence-corrected chi connectivity index (χ3v) is 4.49. The summed E-state index contributed by atoms with van der Waals surface area (Å²) in [5, 5.41) is 6.82. The molecule has 0 unspecified atom stereocenters. The largest absolute Gasteiger partial charge is 0.370 e. The molecule has 0 atom stereocenters. The average Bonchev–Trinajstić information content (AvgIpc) is 2.41. The lowest BCUT2D eigenvalue weighted by Gasteiger charge is -2.23.